The Labute approximate surface area is 132 Å². The molecule has 1 unspecified atom stereocenters. The Balaban J connectivity index is 0.00000400. The van der Waals surface area contributed by atoms with Gasteiger partial charge in [-0.15, -0.1) is 12.4 Å². The lowest BCUT2D eigenvalue weighted by atomic mass is 9.87. The van der Waals surface area contributed by atoms with Crippen LogP contribution in [0, 0.1) is 5.41 Å². The molecule has 0 fully saturated rings. The van der Waals surface area contributed by atoms with Gasteiger partial charge in [0.15, 0.2) is 5.82 Å². The average molecular weight is 319 g/mol. The fraction of sp³-hybridized carbons (Fsp3) is 0.786. The van der Waals surface area contributed by atoms with Crippen molar-refractivity contribution in [2.24, 2.45) is 11.1 Å². The second-order valence-corrected chi connectivity index (χ2v) is 7.28. The number of nitrogens with two attached hydrogens (primary N) is 1. The summed E-state index contributed by atoms with van der Waals surface area (Å²) in [5.41, 5.74) is 5.43. The van der Waals surface area contributed by atoms with Crippen LogP contribution < -0.4 is 11.1 Å². The molecular formula is C14H27ClN4O2. The van der Waals surface area contributed by atoms with Crippen molar-refractivity contribution >= 4 is 18.3 Å². The molecule has 0 saturated carbocycles. The van der Waals surface area contributed by atoms with Crippen molar-refractivity contribution in [3.8, 4) is 0 Å². The summed E-state index contributed by atoms with van der Waals surface area (Å²) >= 11 is 0. The molecule has 6 nitrogen and oxygen atoms in total. The molecule has 0 aliphatic carbocycles. The number of amides is 1. The molecule has 2 atom stereocenters. The SMILES string of the molecule is CC(NC(=O)[C@@H](N)C(C)(C)C)c1nc(C(C)(C)C)no1.Cl. The van der Waals surface area contributed by atoms with Gasteiger partial charge in [0.25, 0.3) is 0 Å². The van der Waals surface area contributed by atoms with E-state index in [-0.39, 0.29) is 35.2 Å². The summed E-state index contributed by atoms with van der Waals surface area (Å²) in [5, 5.41) is 6.75. The largest absolute Gasteiger partial charge is 0.343 e. The monoisotopic (exact) mass is 318 g/mol. The van der Waals surface area contributed by atoms with Gasteiger partial charge in [0.05, 0.1) is 6.04 Å². The number of carbonyl (C=O) groups excluding carboxylic acids is 1. The lowest BCUT2D eigenvalue weighted by Crippen LogP contribution is -2.49. The molecule has 1 amide bonds. The van der Waals surface area contributed by atoms with E-state index in [0.717, 1.165) is 0 Å². The molecule has 21 heavy (non-hydrogen) atoms. The van der Waals surface area contributed by atoms with Crippen LogP contribution in [0.1, 0.15) is 66.2 Å². The Kier molecular flexibility index (Phi) is 6.38. The summed E-state index contributed by atoms with van der Waals surface area (Å²) in [6, 6.07) is -0.950. The highest BCUT2D eigenvalue weighted by Gasteiger charge is 2.30. The zero-order valence-electron chi connectivity index (χ0n) is 13.9. The summed E-state index contributed by atoms with van der Waals surface area (Å²) in [6.07, 6.45) is 0. The number of hydrogen-bond acceptors (Lipinski definition) is 5. The Hall–Kier alpha value is -1.14. The van der Waals surface area contributed by atoms with Crippen LogP contribution in [-0.2, 0) is 10.2 Å². The molecule has 1 aromatic rings. The lowest BCUT2D eigenvalue weighted by Gasteiger charge is -2.26. The first-order chi connectivity index (χ1) is 8.93. The van der Waals surface area contributed by atoms with Gasteiger partial charge >= 0.3 is 0 Å². The number of halogens is 1. The molecule has 0 bridgehead atoms. The Morgan fingerprint density at radius 3 is 2.14 bits per heavy atom. The predicted molar refractivity (Wildman–Crippen MR) is 84.2 cm³/mol. The molecule has 0 aliphatic rings. The number of nitrogens with one attached hydrogen (secondary N) is 1. The average Bonchev–Trinajstić information content (AvgIpc) is 2.75. The van der Waals surface area contributed by atoms with Gasteiger partial charge in [-0.3, -0.25) is 4.79 Å². The van der Waals surface area contributed by atoms with E-state index < -0.39 is 6.04 Å². The first-order valence-electron chi connectivity index (χ1n) is 6.83. The van der Waals surface area contributed by atoms with Crippen molar-refractivity contribution in [3.05, 3.63) is 11.7 Å². The van der Waals surface area contributed by atoms with Crippen LogP contribution in [0.5, 0.6) is 0 Å². The fourth-order valence-corrected chi connectivity index (χ4v) is 1.47. The van der Waals surface area contributed by atoms with Gasteiger partial charge in [0, 0.05) is 5.41 Å². The molecular weight excluding hydrogens is 292 g/mol. The van der Waals surface area contributed by atoms with Crippen molar-refractivity contribution in [1.82, 2.24) is 15.5 Å². The van der Waals surface area contributed by atoms with E-state index in [1.54, 1.807) is 6.92 Å². The van der Waals surface area contributed by atoms with Crippen molar-refractivity contribution < 1.29 is 9.32 Å². The van der Waals surface area contributed by atoms with Gasteiger partial charge in [-0.2, -0.15) is 4.98 Å². The zero-order valence-corrected chi connectivity index (χ0v) is 14.7. The highest BCUT2D eigenvalue weighted by Crippen LogP contribution is 2.22. The van der Waals surface area contributed by atoms with Gasteiger partial charge in [-0.05, 0) is 12.3 Å². The van der Waals surface area contributed by atoms with Crippen molar-refractivity contribution in [3.63, 3.8) is 0 Å². The quantitative estimate of drug-likeness (QED) is 0.892. The Bertz CT molecular complexity index is 474. The minimum Gasteiger partial charge on any atom is -0.343 e. The second kappa shape index (κ2) is 6.75. The topological polar surface area (TPSA) is 94.0 Å². The number of aromatic nitrogens is 2. The molecule has 122 valence electrons. The van der Waals surface area contributed by atoms with Crippen LogP contribution in [0.15, 0.2) is 4.52 Å². The third-order valence-electron chi connectivity index (χ3n) is 3.06. The van der Waals surface area contributed by atoms with Crippen LogP contribution in [0.3, 0.4) is 0 Å². The highest BCUT2D eigenvalue weighted by atomic mass is 35.5. The minimum absolute atomic E-state index is 0. The Morgan fingerprint density at radius 2 is 1.76 bits per heavy atom. The fourth-order valence-electron chi connectivity index (χ4n) is 1.47. The van der Waals surface area contributed by atoms with Crippen LogP contribution >= 0.6 is 12.4 Å². The summed E-state index contributed by atoms with van der Waals surface area (Å²) in [6.45, 7) is 13.6. The molecule has 3 N–H and O–H groups in total. The third-order valence-corrected chi connectivity index (χ3v) is 3.06. The number of nitrogens with zero attached hydrogens (tertiary/aromatic N) is 2. The molecule has 0 aliphatic heterocycles. The van der Waals surface area contributed by atoms with Crippen LogP contribution in [0.4, 0.5) is 0 Å². The van der Waals surface area contributed by atoms with E-state index in [4.69, 9.17) is 10.3 Å². The van der Waals surface area contributed by atoms with Crippen molar-refractivity contribution in [2.45, 2.75) is 66.0 Å². The first-order valence-corrected chi connectivity index (χ1v) is 6.83. The summed E-state index contributed by atoms with van der Waals surface area (Å²) < 4.78 is 5.20. The summed E-state index contributed by atoms with van der Waals surface area (Å²) in [7, 11) is 0. The van der Waals surface area contributed by atoms with Crippen molar-refractivity contribution in [1.29, 1.82) is 0 Å². The van der Waals surface area contributed by atoms with Crippen LogP contribution in [0.25, 0.3) is 0 Å². The van der Waals surface area contributed by atoms with Gasteiger partial charge in [0.2, 0.25) is 11.8 Å². The highest BCUT2D eigenvalue weighted by molar-refractivity contribution is 5.85. The molecule has 7 heteroatoms. The van der Waals surface area contributed by atoms with Gasteiger partial charge < -0.3 is 15.6 Å². The first kappa shape index (κ1) is 19.9. The molecule has 1 heterocycles. The summed E-state index contributed by atoms with van der Waals surface area (Å²) in [5.74, 6) is 0.790. The molecule has 1 aromatic heterocycles. The number of hydrogen-bond donors (Lipinski definition) is 2. The normalized spacial score (nSPS) is 15.0. The predicted octanol–water partition coefficient (Wildman–Crippen LogP) is 2.34. The maximum atomic E-state index is 12.1. The maximum Gasteiger partial charge on any atom is 0.248 e. The van der Waals surface area contributed by atoms with E-state index in [2.05, 4.69) is 15.5 Å². The van der Waals surface area contributed by atoms with Crippen LogP contribution in [-0.4, -0.2) is 22.1 Å². The lowest BCUT2D eigenvalue weighted by molar-refractivity contribution is -0.125. The standard InChI is InChI=1S/C14H26N4O2.ClH/c1-8(16-10(19)9(15)13(2,3)4)11-17-12(18-20-11)14(5,6)7;/h8-9H,15H2,1-7H3,(H,16,19);1H/t8?,9-;/m1./s1. The number of carbonyl (C=O) groups is 1. The van der Waals surface area contributed by atoms with E-state index in [0.29, 0.717) is 11.7 Å². The molecule has 0 spiro atoms. The molecule has 1 rings (SSSR count). The van der Waals surface area contributed by atoms with E-state index >= 15 is 0 Å². The van der Waals surface area contributed by atoms with Gasteiger partial charge in [-0.25, -0.2) is 0 Å². The van der Waals surface area contributed by atoms with E-state index in [9.17, 15) is 4.79 Å². The molecule has 0 saturated heterocycles. The van der Waals surface area contributed by atoms with Gasteiger partial charge in [0.1, 0.15) is 6.04 Å². The molecule has 0 radical (unpaired) electrons. The zero-order chi connectivity index (χ0) is 15.7. The minimum atomic E-state index is -0.588. The number of rotatable bonds is 3. The summed E-state index contributed by atoms with van der Waals surface area (Å²) in [4.78, 5) is 16.4. The van der Waals surface area contributed by atoms with Crippen LogP contribution in [0.2, 0.25) is 0 Å². The van der Waals surface area contributed by atoms with Crippen molar-refractivity contribution in [2.75, 3.05) is 0 Å². The smallest absolute Gasteiger partial charge is 0.248 e. The molecule has 0 aromatic carbocycles. The Morgan fingerprint density at radius 1 is 1.24 bits per heavy atom. The van der Waals surface area contributed by atoms with Gasteiger partial charge in [-0.1, -0.05) is 46.7 Å². The maximum absolute atomic E-state index is 12.1. The van der Waals surface area contributed by atoms with E-state index in [1.807, 2.05) is 41.5 Å². The van der Waals surface area contributed by atoms with E-state index in [1.165, 1.54) is 0 Å². The second-order valence-electron chi connectivity index (χ2n) is 7.28. The third kappa shape index (κ3) is 5.28.